The lowest BCUT2D eigenvalue weighted by Crippen LogP contribution is -2.53. The number of fused-ring (bicyclic) bond motifs is 5. The molecule has 33 heavy (non-hydrogen) atoms. The van der Waals surface area contributed by atoms with Crippen LogP contribution in [-0.2, 0) is 19.1 Å². The molecule has 0 aromatic heterocycles. The Bertz CT molecular complexity index is 885. The van der Waals surface area contributed by atoms with Crippen LogP contribution in [0.1, 0.15) is 91.4 Å². The molecule has 5 rings (SSSR count). The first-order valence-corrected chi connectivity index (χ1v) is 13.2. The number of carbonyl (C=O) groups excluding carboxylic acids is 2. The summed E-state index contributed by atoms with van der Waals surface area (Å²) >= 11 is 0. The molecule has 0 aromatic rings. The Hall–Kier alpha value is -1.83. The van der Waals surface area contributed by atoms with E-state index < -0.39 is 0 Å². The third kappa shape index (κ3) is 3.92. The summed E-state index contributed by atoms with van der Waals surface area (Å²) in [6.07, 6.45) is 13.7. The maximum absolute atomic E-state index is 12.1. The second-order valence-corrected chi connectivity index (χ2v) is 12.0. The molecule has 0 N–H and O–H groups in total. The number of nitriles is 1. The maximum atomic E-state index is 12.1. The van der Waals surface area contributed by atoms with Crippen molar-refractivity contribution in [1.29, 1.82) is 5.26 Å². The zero-order valence-electron chi connectivity index (χ0n) is 20.5. The monoisotopic (exact) mass is 453 g/mol. The van der Waals surface area contributed by atoms with E-state index in [-0.39, 0.29) is 35.0 Å². The first-order valence-electron chi connectivity index (χ1n) is 13.2. The Kier molecular flexibility index (Phi) is 5.86. The Labute approximate surface area is 198 Å². The molecule has 0 aliphatic heterocycles. The van der Waals surface area contributed by atoms with E-state index in [2.05, 4.69) is 19.1 Å². The number of carbonyl (C=O) groups is 2. The molecule has 0 saturated heterocycles. The van der Waals surface area contributed by atoms with Crippen LogP contribution in [0, 0.1) is 51.8 Å². The largest absolute Gasteiger partial charge is 0.462 e. The van der Waals surface area contributed by atoms with Crippen molar-refractivity contribution in [2.45, 2.75) is 104 Å². The van der Waals surface area contributed by atoms with Gasteiger partial charge in [0.05, 0.1) is 6.07 Å². The van der Waals surface area contributed by atoms with Crippen molar-refractivity contribution < 1.29 is 19.1 Å². The molecule has 0 spiro atoms. The summed E-state index contributed by atoms with van der Waals surface area (Å²) in [5.41, 5.74) is 1.46. The van der Waals surface area contributed by atoms with E-state index in [9.17, 15) is 14.9 Å². The average Bonchev–Trinajstić information content (AvgIpc) is 3.52. The molecular formula is C28H39NO4. The summed E-state index contributed by atoms with van der Waals surface area (Å²) in [4.78, 5) is 23.7. The van der Waals surface area contributed by atoms with Gasteiger partial charge < -0.3 is 9.47 Å². The maximum Gasteiger partial charge on any atom is 0.302 e. The van der Waals surface area contributed by atoms with E-state index in [1.807, 2.05) is 0 Å². The van der Waals surface area contributed by atoms with Crippen LogP contribution < -0.4 is 0 Å². The molecule has 5 aliphatic rings. The van der Waals surface area contributed by atoms with Crippen molar-refractivity contribution in [3.8, 4) is 6.07 Å². The molecule has 5 aliphatic carbocycles. The highest BCUT2D eigenvalue weighted by Gasteiger charge is 2.64. The molecule has 4 saturated carbocycles. The summed E-state index contributed by atoms with van der Waals surface area (Å²) in [5, 5.41) is 9.88. The summed E-state index contributed by atoms with van der Waals surface area (Å²) in [5.74, 6) is 2.42. The van der Waals surface area contributed by atoms with Crippen LogP contribution in [-0.4, -0.2) is 24.1 Å². The average molecular weight is 454 g/mol. The van der Waals surface area contributed by atoms with E-state index in [0.29, 0.717) is 30.1 Å². The third-order valence-electron chi connectivity index (χ3n) is 10.2. The molecule has 0 bridgehead atoms. The van der Waals surface area contributed by atoms with Gasteiger partial charge in [-0.3, -0.25) is 9.59 Å². The minimum atomic E-state index is -0.192. The predicted molar refractivity (Wildman–Crippen MR) is 124 cm³/mol. The third-order valence-corrected chi connectivity index (χ3v) is 10.2. The number of ether oxygens (including phenoxy) is 2. The Balaban J connectivity index is 1.44. The summed E-state index contributed by atoms with van der Waals surface area (Å²) < 4.78 is 11.7. The van der Waals surface area contributed by atoms with Gasteiger partial charge in [0.25, 0.3) is 0 Å². The van der Waals surface area contributed by atoms with Crippen LogP contribution in [0.3, 0.4) is 0 Å². The fraction of sp³-hybridized carbons (Fsp3) is 0.821. The van der Waals surface area contributed by atoms with Gasteiger partial charge in [0, 0.05) is 32.1 Å². The Morgan fingerprint density at radius 2 is 1.85 bits per heavy atom. The van der Waals surface area contributed by atoms with Crippen molar-refractivity contribution in [3.63, 3.8) is 0 Å². The molecular weight excluding hydrogens is 414 g/mol. The molecule has 4 unspecified atom stereocenters. The molecule has 5 heteroatoms. The normalized spacial score (nSPS) is 43.9. The minimum absolute atomic E-state index is 0.0161. The van der Waals surface area contributed by atoms with E-state index >= 15 is 0 Å². The molecule has 8 atom stereocenters. The smallest absolute Gasteiger partial charge is 0.302 e. The number of hydrogen-bond acceptors (Lipinski definition) is 5. The standard InChI is InChI=1S/C28H39NO4/c1-17(30)32-22-8-10-27(3)21(16-22)6-7-23-24(27)9-11-28(12-13-29)25(23)15-20(14-19-4-5-19)26(28)33-18(2)31/h6,19-20,22-26H,4-5,7-12,14-16H2,1-3H3/t20?,22-,23?,24?,25?,26-,27-,28+/m0/s1. The van der Waals surface area contributed by atoms with Gasteiger partial charge in [-0.25, -0.2) is 0 Å². The summed E-state index contributed by atoms with van der Waals surface area (Å²) in [6, 6.07) is 2.52. The quantitative estimate of drug-likeness (QED) is 0.392. The summed E-state index contributed by atoms with van der Waals surface area (Å²) in [7, 11) is 0. The van der Waals surface area contributed by atoms with Gasteiger partial charge in [0.1, 0.15) is 12.2 Å². The van der Waals surface area contributed by atoms with E-state index in [4.69, 9.17) is 9.47 Å². The van der Waals surface area contributed by atoms with Crippen molar-refractivity contribution in [1.82, 2.24) is 0 Å². The van der Waals surface area contributed by atoms with Crippen LogP contribution in [0.2, 0.25) is 0 Å². The number of nitrogens with zero attached hydrogens (tertiary/aromatic N) is 1. The molecule has 0 aromatic carbocycles. The topological polar surface area (TPSA) is 76.4 Å². The zero-order chi connectivity index (χ0) is 23.4. The first-order chi connectivity index (χ1) is 15.8. The van der Waals surface area contributed by atoms with Crippen LogP contribution >= 0.6 is 0 Å². The molecule has 4 fully saturated rings. The SMILES string of the molecule is CC(=O)O[C@H]1CC[C@@]2(C)C(=CCC3C4CC(CC5CC5)[C@H](OC(C)=O)[C@@]4(CC#N)CCC32)C1. The minimum Gasteiger partial charge on any atom is -0.462 e. The van der Waals surface area contributed by atoms with Gasteiger partial charge in [-0.05, 0) is 80.0 Å². The van der Waals surface area contributed by atoms with Crippen molar-refractivity contribution in [2.24, 2.45) is 40.4 Å². The zero-order valence-corrected chi connectivity index (χ0v) is 20.5. The number of hydrogen-bond donors (Lipinski definition) is 0. The Morgan fingerprint density at radius 1 is 1.09 bits per heavy atom. The van der Waals surface area contributed by atoms with Crippen molar-refractivity contribution in [3.05, 3.63) is 11.6 Å². The lowest BCUT2D eigenvalue weighted by Gasteiger charge is -2.58. The molecule has 0 heterocycles. The van der Waals surface area contributed by atoms with Crippen LogP contribution in [0.5, 0.6) is 0 Å². The van der Waals surface area contributed by atoms with E-state index in [0.717, 1.165) is 57.3 Å². The van der Waals surface area contributed by atoms with Crippen LogP contribution in [0.25, 0.3) is 0 Å². The summed E-state index contributed by atoms with van der Waals surface area (Å²) in [6.45, 7) is 5.48. The number of rotatable bonds is 5. The van der Waals surface area contributed by atoms with Gasteiger partial charge >= 0.3 is 11.9 Å². The van der Waals surface area contributed by atoms with Crippen LogP contribution in [0.4, 0.5) is 0 Å². The fourth-order valence-corrected chi connectivity index (χ4v) is 8.75. The molecule has 180 valence electrons. The first kappa shape index (κ1) is 22.9. The van der Waals surface area contributed by atoms with Gasteiger partial charge in [-0.15, -0.1) is 0 Å². The fourth-order valence-electron chi connectivity index (χ4n) is 8.75. The molecule has 0 radical (unpaired) electrons. The number of allylic oxidation sites excluding steroid dienone is 1. The van der Waals surface area contributed by atoms with Crippen LogP contribution in [0.15, 0.2) is 11.6 Å². The van der Waals surface area contributed by atoms with Gasteiger partial charge in [0.15, 0.2) is 0 Å². The van der Waals surface area contributed by atoms with Crippen molar-refractivity contribution >= 4 is 11.9 Å². The highest BCUT2D eigenvalue weighted by atomic mass is 16.5. The van der Waals surface area contributed by atoms with E-state index in [1.165, 1.54) is 32.3 Å². The number of esters is 2. The highest BCUT2D eigenvalue weighted by molar-refractivity contribution is 5.66. The van der Waals surface area contributed by atoms with Gasteiger partial charge in [0.2, 0.25) is 0 Å². The molecule has 5 nitrogen and oxygen atoms in total. The van der Waals surface area contributed by atoms with Crippen molar-refractivity contribution in [2.75, 3.05) is 0 Å². The second kappa shape index (κ2) is 8.43. The van der Waals surface area contributed by atoms with Gasteiger partial charge in [-0.1, -0.05) is 31.4 Å². The lowest BCUT2D eigenvalue weighted by molar-refractivity contribution is -0.161. The second-order valence-electron chi connectivity index (χ2n) is 12.0. The Morgan fingerprint density at radius 3 is 2.52 bits per heavy atom. The van der Waals surface area contributed by atoms with Gasteiger partial charge in [-0.2, -0.15) is 5.26 Å². The highest BCUT2D eigenvalue weighted by Crippen LogP contribution is 2.68. The lowest BCUT2D eigenvalue weighted by atomic mass is 9.47. The predicted octanol–water partition coefficient (Wildman–Crippen LogP) is 5.73. The van der Waals surface area contributed by atoms with E-state index in [1.54, 1.807) is 0 Å². The molecule has 0 amide bonds.